The number of halogens is 1. The first-order valence-corrected chi connectivity index (χ1v) is 4.56. The first-order valence-electron chi connectivity index (χ1n) is 4.19. The molecular formula is C9H14ClN3. The van der Waals surface area contributed by atoms with E-state index >= 15 is 0 Å². The van der Waals surface area contributed by atoms with Crippen LogP contribution in [0.2, 0.25) is 5.02 Å². The third-order valence-corrected chi connectivity index (χ3v) is 2.16. The smallest absolute Gasteiger partial charge is 0.0803 e. The van der Waals surface area contributed by atoms with E-state index in [1.807, 2.05) is 13.8 Å². The molecular weight excluding hydrogens is 186 g/mol. The molecule has 0 radical (unpaired) electrons. The van der Waals surface area contributed by atoms with Crippen molar-refractivity contribution in [2.45, 2.75) is 19.9 Å². The maximum absolute atomic E-state index is 5.90. The SMILES string of the molecule is CC(C)C(N)c1ncc(Cl)cc1N. The van der Waals surface area contributed by atoms with Crippen LogP contribution in [0, 0.1) is 5.92 Å². The van der Waals surface area contributed by atoms with Gasteiger partial charge in [0.05, 0.1) is 22.4 Å². The molecule has 1 unspecified atom stereocenters. The monoisotopic (exact) mass is 199 g/mol. The molecule has 0 aliphatic carbocycles. The van der Waals surface area contributed by atoms with E-state index < -0.39 is 0 Å². The van der Waals surface area contributed by atoms with E-state index in [2.05, 4.69) is 4.98 Å². The van der Waals surface area contributed by atoms with Gasteiger partial charge in [0, 0.05) is 6.20 Å². The van der Waals surface area contributed by atoms with Crippen LogP contribution in [0.4, 0.5) is 5.69 Å². The molecule has 0 amide bonds. The molecule has 1 aromatic rings. The Morgan fingerprint density at radius 1 is 1.46 bits per heavy atom. The van der Waals surface area contributed by atoms with E-state index in [1.165, 1.54) is 0 Å². The molecule has 3 nitrogen and oxygen atoms in total. The number of nitrogens with two attached hydrogens (primary N) is 2. The van der Waals surface area contributed by atoms with Gasteiger partial charge in [-0.2, -0.15) is 0 Å². The van der Waals surface area contributed by atoms with Crippen molar-refractivity contribution in [1.82, 2.24) is 4.98 Å². The van der Waals surface area contributed by atoms with E-state index in [1.54, 1.807) is 12.3 Å². The van der Waals surface area contributed by atoms with Gasteiger partial charge >= 0.3 is 0 Å². The lowest BCUT2D eigenvalue weighted by atomic mass is 10.0. The highest BCUT2D eigenvalue weighted by Gasteiger charge is 2.14. The Balaban J connectivity index is 3.01. The summed E-state index contributed by atoms with van der Waals surface area (Å²) in [6.45, 7) is 4.06. The van der Waals surface area contributed by atoms with Crippen LogP contribution in [0.1, 0.15) is 25.6 Å². The normalized spacial score (nSPS) is 13.3. The minimum atomic E-state index is -0.128. The van der Waals surface area contributed by atoms with Crippen LogP contribution >= 0.6 is 11.6 Å². The van der Waals surface area contributed by atoms with Gasteiger partial charge in [-0.15, -0.1) is 0 Å². The average Bonchev–Trinajstić information content (AvgIpc) is 2.03. The summed E-state index contributed by atoms with van der Waals surface area (Å²) in [5.74, 6) is 0.316. The zero-order chi connectivity index (χ0) is 10.0. The Kier molecular flexibility index (Phi) is 3.12. The Hall–Kier alpha value is -0.800. The van der Waals surface area contributed by atoms with Gasteiger partial charge in [0.25, 0.3) is 0 Å². The Morgan fingerprint density at radius 3 is 2.54 bits per heavy atom. The minimum Gasteiger partial charge on any atom is -0.397 e. The summed E-state index contributed by atoms with van der Waals surface area (Å²) in [7, 11) is 0. The number of aromatic nitrogens is 1. The largest absolute Gasteiger partial charge is 0.397 e. The molecule has 0 aliphatic rings. The van der Waals surface area contributed by atoms with Gasteiger partial charge in [0.15, 0.2) is 0 Å². The number of rotatable bonds is 2. The second kappa shape index (κ2) is 3.94. The van der Waals surface area contributed by atoms with E-state index in [9.17, 15) is 0 Å². The summed E-state index contributed by atoms with van der Waals surface area (Å²) in [6.07, 6.45) is 1.56. The molecule has 1 aromatic heterocycles. The fourth-order valence-corrected chi connectivity index (χ4v) is 1.23. The molecule has 0 saturated heterocycles. The predicted octanol–water partition coefficient (Wildman–Crippen LogP) is 1.97. The molecule has 0 bridgehead atoms. The van der Waals surface area contributed by atoms with Crippen LogP contribution in [0.25, 0.3) is 0 Å². The van der Waals surface area contributed by atoms with Gasteiger partial charge < -0.3 is 11.5 Å². The zero-order valence-corrected chi connectivity index (χ0v) is 8.55. The third kappa shape index (κ3) is 2.32. The molecule has 4 N–H and O–H groups in total. The Morgan fingerprint density at radius 2 is 2.08 bits per heavy atom. The molecule has 1 atom stereocenters. The lowest BCUT2D eigenvalue weighted by Gasteiger charge is -2.16. The van der Waals surface area contributed by atoms with Gasteiger partial charge in [0.2, 0.25) is 0 Å². The van der Waals surface area contributed by atoms with Gasteiger partial charge in [-0.1, -0.05) is 25.4 Å². The molecule has 0 aliphatic heterocycles. The van der Waals surface area contributed by atoms with Crippen molar-refractivity contribution in [2.24, 2.45) is 11.7 Å². The lowest BCUT2D eigenvalue weighted by molar-refractivity contribution is 0.504. The van der Waals surface area contributed by atoms with E-state index in [-0.39, 0.29) is 6.04 Å². The van der Waals surface area contributed by atoms with Crippen molar-refractivity contribution in [3.8, 4) is 0 Å². The first-order chi connectivity index (χ1) is 6.02. The fourth-order valence-electron chi connectivity index (χ4n) is 1.06. The molecule has 0 aromatic carbocycles. The topological polar surface area (TPSA) is 64.9 Å². The van der Waals surface area contributed by atoms with Crippen molar-refractivity contribution in [1.29, 1.82) is 0 Å². The summed E-state index contributed by atoms with van der Waals surface area (Å²) in [5.41, 5.74) is 12.9. The number of nitrogen functional groups attached to an aromatic ring is 1. The standard InChI is InChI=1S/C9H14ClN3/c1-5(2)8(12)9-7(11)3-6(10)4-13-9/h3-5,8H,11-12H2,1-2H3. The highest BCUT2D eigenvalue weighted by Crippen LogP contribution is 2.24. The zero-order valence-electron chi connectivity index (χ0n) is 7.79. The summed E-state index contributed by atoms with van der Waals surface area (Å²) in [6, 6.07) is 1.55. The molecule has 0 saturated carbocycles. The minimum absolute atomic E-state index is 0.128. The number of nitrogens with zero attached hydrogens (tertiary/aromatic N) is 1. The maximum Gasteiger partial charge on any atom is 0.0803 e. The van der Waals surface area contributed by atoms with E-state index in [0.717, 1.165) is 5.69 Å². The van der Waals surface area contributed by atoms with Gasteiger partial charge in [-0.3, -0.25) is 4.98 Å². The quantitative estimate of drug-likeness (QED) is 0.766. The highest BCUT2D eigenvalue weighted by atomic mass is 35.5. The van der Waals surface area contributed by atoms with Crippen LogP contribution in [0.5, 0.6) is 0 Å². The van der Waals surface area contributed by atoms with Crippen LogP contribution in [0.3, 0.4) is 0 Å². The van der Waals surface area contributed by atoms with Gasteiger partial charge in [0.1, 0.15) is 0 Å². The van der Waals surface area contributed by atoms with E-state index in [0.29, 0.717) is 16.6 Å². The van der Waals surface area contributed by atoms with Crippen molar-refractivity contribution in [3.05, 3.63) is 23.0 Å². The van der Waals surface area contributed by atoms with Crippen molar-refractivity contribution in [3.63, 3.8) is 0 Å². The van der Waals surface area contributed by atoms with Gasteiger partial charge in [-0.25, -0.2) is 0 Å². The summed E-state index contributed by atoms with van der Waals surface area (Å²) in [5, 5.41) is 0.539. The Bertz CT molecular complexity index is 299. The predicted molar refractivity (Wildman–Crippen MR) is 55.4 cm³/mol. The second-order valence-electron chi connectivity index (χ2n) is 3.40. The summed E-state index contributed by atoms with van der Waals surface area (Å²) < 4.78 is 0. The number of pyridine rings is 1. The second-order valence-corrected chi connectivity index (χ2v) is 3.83. The van der Waals surface area contributed by atoms with Crippen LogP contribution in [0.15, 0.2) is 12.3 Å². The lowest BCUT2D eigenvalue weighted by Crippen LogP contribution is -2.19. The number of anilines is 1. The maximum atomic E-state index is 5.90. The molecule has 13 heavy (non-hydrogen) atoms. The molecule has 72 valence electrons. The molecule has 1 heterocycles. The molecule has 0 fully saturated rings. The molecule has 0 spiro atoms. The van der Waals surface area contributed by atoms with Crippen LogP contribution < -0.4 is 11.5 Å². The van der Waals surface area contributed by atoms with Gasteiger partial charge in [-0.05, 0) is 12.0 Å². The summed E-state index contributed by atoms with van der Waals surface area (Å²) >= 11 is 5.72. The van der Waals surface area contributed by atoms with Crippen LogP contribution in [-0.2, 0) is 0 Å². The number of hydrogen-bond acceptors (Lipinski definition) is 3. The van der Waals surface area contributed by atoms with Crippen molar-refractivity contribution >= 4 is 17.3 Å². The third-order valence-electron chi connectivity index (χ3n) is 1.95. The fraction of sp³-hybridized carbons (Fsp3) is 0.444. The van der Waals surface area contributed by atoms with E-state index in [4.69, 9.17) is 23.1 Å². The van der Waals surface area contributed by atoms with Crippen molar-refractivity contribution < 1.29 is 0 Å². The first kappa shape index (κ1) is 10.3. The average molecular weight is 200 g/mol. The van der Waals surface area contributed by atoms with Crippen LogP contribution in [-0.4, -0.2) is 4.98 Å². The molecule has 4 heteroatoms. The highest BCUT2D eigenvalue weighted by molar-refractivity contribution is 6.30. The molecule has 1 rings (SSSR count). The number of hydrogen-bond donors (Lipinski definition) is 2. The Labute approximate surface area is 83.1 Å². The summed E-state index contributed by atoms with van der Waals surface area (Å²) in [4.78, 5) is 4.12. The van der Waals surface area contributed by atoms with Crippen molar-refractivity contribution in [2.75, 3.05) is 5.73 Å².